The predicted molar refractivity (Wildman–Crippen MR) is 85.8 cm³/mol. The minimum Gasteiger partial charge on any atom is -0.496 e. The van der Waals surface area contributed by atoms with Crippen molar-refractivity contribution in [2.24, 2.45) is 0 Å². The highest BCUT2D eigenvalue weighted by molar-refractivity contribution is 5.38. The second-order valence-corrected chi connectivity index (χ2v) is 6.26. The van der Waals surface area contributed by atoms with Gasteiger partial charge in [0.05, 0.1) is 13.2 Å². The van der Waals surface area contributed by atoms with Gasteiger partial charge in [-0.25, -0.2) is 0 Å². The van der Waals surface area contributed by atoms with Gasteiger partial charge < -0.3 is 19.6 Å². The Morgan fingerprint density at radius 2 is 2.00 bits per heavy atom. The average molecular weight is 292 g/mol. The van der Waals surface area contributed by atoms with Crippen LogP contribution in [-0.2, 0) is 0 Å². The van der Waals surface area contributed by atoms with Gasteiger partial charge in [0.15, 0.2) is 0 Å². The van der Waals surface area contributed by atoms with E-state index in [1.165, 1.54) is 12.8 Å². The van der Waals surface area contributed by atoms with E-state index in [1.807, 2.05) is 25.1 Å². The van der Waals surface area contributed by atoms with E-state index in [9.17, 15) is 5.11 Å². The van der Waals surface area contributed by atoms with Gasteiger partial charge in [0.2, 0.25) is 0 Å². The molecule has 1 heterocycles. The van der Waals surface area contributed by atoms with Crippen molar-refractivity contribution >= 4 is 0 Å². The molecule has 118 valence electrons. The summed E-state index contributed by atoms with van der Waals surface area (Å²) in [5, 5.41) is 10.6. The molecule has 0 bridgehead atoms. The summed E-state index contributed by atoms with van der Waals surface area (Å²) in [6, 6.07) is 6.65. The van der Waals surface area contributed by atoms with Gasteiger partial charge in [-0.2, -0.15) is 0 Å². The van der Waals surface area contributed by atoms with Gasteiger partial charge in [0.1, 0.15) is 5.75 Å². The lowest BCUT2D eigenvalue weighted by Gasteiger charge is -2.36. The molecule has 1 unspecified atom stereocenters. The summed E-state index contributed by atoms with van der Waals surface area (Å²) in [6.07, 6.45) is 1.85. The van der Waals surface area contributed by atoms with Crippen molar-refractivity contribution in [2.45, 2.75) is 31.9 Å². The van der Waals surface area contributed by atoms with E-state index in [-0.39, 0.29) is 0 Å². The highest BCUT2D eigenvalue weighted by Crippen LogP contribution is 2.27. The first-order chi connectivity index (χ1) is 10.0. The molecule has 21 heavy (non-hydrogen) atoms. The zero-order valence-electron chi connectivity index (χ0n) is 13.7. The minimum absolute atomic E-state index is 0.490. The quantitative estimate of drug-likeness (QED) is 0.901. The number of aryl methyl sites for hydroxylation is 1. The van der Waals surface area contributed by atoms with Gasteiger partial charge in [-0.3, -0.25) is 0 Å². The number of nitrogens with zero attached hydrogens (tertiary/aromatic N) is 2. The summed E-state index contributed by atoms with van der Waals surface area (Å²) in [7, 11) is 5.95. The molecule has 1 fully saturated rings. The molecule has 0 amide bonds. The molecule has 4 nitrogen and oxygen atoms in total. The van der Waals surface area contributed by atoms with Crippen LogP contribution in [0.1, 0.15) is 30.1 Å². The topological polar surface area (TPSA) is 35.9 Å². The van der Waals surface area contributed by atoms with Crippen molar-refractivity contribution in [1.82, 2.24) is 9.80 Å². The van der Waals surface area contributed by atoms with Crippen LogP contribution in [0.25, 0.3) is 0 Å². The summed E-state index contributed by atoms with van der Waals surface area (Å²) in [5.41, 5.74) is 2.04. The zero-order valence-corrected chi connectivity index (χ0v) is 13.7. The molecule has 1 aliphatic heterocycles. The number of rotatable bonds is 5. The van der Waals surface area contributed by atoms with Gasteiger partial charge in [0.25, 0.3) is 0 Å². The van der Waals surface area contributed by atoms with Crippen molar-refractivity contribution in [3.8, 4) is 5.75 Å². The van der Waals surface area contributed by atoms with Crippen molar-refractivity contribution < 1.29 is 9.84 Å². The first-order valence-electron chi connectivity index (χ1n) is 7.72. The van der Waals surface area contributed by atoms with Gasteiger partial charge in [0, 0.05) is 18.2 Å². The van der Waals surface area contributed by atoms with E-state index in [0.717, 1.165) is 30.0 Å². The Morgan fingerprint density at radius 1 is 1.33 bits per heavy atom. The fourth-order valence-corrected chi connectivity index (χ4v) is 3.08. The van der Waals surface area contributed by atoms with Crippen LogP contribution >= 0.6 is 0 Å². The molecule has 0 radical (unpaired) electrons. The number of aliphatic hydroxyl groups excluding tert-OH is 1. The lowest BCUT2D eigenvalue weighted by Crippen LogP contribution is -2.43. The van der Waals surface area contributed by atoms with Crippen LogP contribution in [0.3, 0.4) is 0 Å². The van der Waals surface area contributed by atoms with Gasteiger partial charge in [-0.05, 0) is 59.1 Å². The van der Waals surface area contributed by atoms with Gasteiger partial charge in [-0.1, -0.05) is 11.6 Å². The number of ether oxygens (including phenoxy) is 1. The highest BCUT2D eigenvalue weighted by Gasteiger charge is 2.23. The standard InChI is InChI=1S/C17H28N2O2/c1-13-5-6-17(21-4)15(11-13)16(20)12-19-9-7-14(8-10-19)18(2)3/h5-6,11,14,16,20H,7-10,12H2,1-4H3. The zero-order chi connectivity index (χ0) is 15.4. The van der Waals surface area contributed by atoms with Crippen LogP contribution in [0.4, 0.5) is 0 Å². The molecule has 1 aromatic carbocycles. The largest absolute Gasteiger partial charge is 0.496 e. The molecule has 1 saturated heterocycles. The molecule has 4 heteroatoms. The number of hydrogen-bond donors (Lipinski definition) is 1. The first-order valence-corrected chi connectivity index (χ1v) is 7.72. The monoisotopic (exact) mass is 292 g/mol. The molecule has 0 aromatic heterocycles. The van der Waals surface area contributed by atoms with Gasteiger partial charge >= 0.3 is 0 Å². The lowest BCUT2D eigenvalue weighted by molar-refractivity contribution is 0.0785. The minimum atomic E-state index is -0.490. The number of piperidine rings is 1. The number of aliphatic hydroxyl groups is 1. The van der Waals surface area contributed by atoms with E-state index in [2.05, 4.69) is 23.9 Å². The Morgan fingerprint density at radius 3 is 2.57 bits per heavy atom. The molecule has 1 aliphatic rings. The number of benzene rings is 1. The second-order valence-electron chi connectivity index (χ2n) is 6.26. The Balaban J connectivity index is 1.96. The number of methoxy groups -OCH3 is 1. The summed E-state index contributed by atoms with van der Waals surface area (Å²) in [6.45, 7) is 4.82. The van der Waals surface area contributed by atoms with Crippen LogP contribution in [0.2, 0.25) is 0 Å². The molecule has 0 saturated carbocycles. The van der Waals surface area contributed by atoms with Crippen LogP contribution < -0.4 is 4.74 Å². The maximum absolute atomic E-state index is 10.6. The maximum atomic E-state index is 10.6. The van der Waals surface area contributed by atoms with Crippen molar-refractivity contribution in [2.75, 3.05) is 40.8 Å². The highest BCUT2D eigenvalue weighted by atomic mass is 16.5. The molecule has 1 N–H and O–H groups in total. The fourth-order valence-electron chi connectivity index (χ4n) is 3.08. The van der Waals surface area contributed by atoms with Crippen molar-refractivity contribution in [3.63, 3.8) is 0 Å². The van der Waals surface area contributed by atoms with Crippen LogP contribution in [0.5, 0.6) is 5.75 Å². The number of likely N-dealkylation sites (tertiary alicyclic amines) is 1. The summed E-state index contributed by atoms with van der Waals surface area (Å²) in [5.74, 6) is 0.774. The summed E-state index contributed by atoms with van der Waals surface area (Å²) in [4.78, 5) is 4.66. The average Bonchev–Trinajstić information content (AvgIpc) is 2.47. The maximum Gasteiger partial charge on any atom is 0.124 e. The Labute approximate surface area is 128 Å². The molecule has 1 aromatic rings. The van der Waals surface area contributed by atoms with Crippen LogP contribution in [-0.4, -0.2) is 61.8 Å². The summed E-state index contributed by atoms with van der Waals surface area (Å²) < 4.78 is 5.37. The Bertz CT molecular complexity index is 454. The van der Waals surface area contributed by atoms with Crippen molar-refractivity contribution in [1.29, 1.82) is 0 Å². The smallest absolute Gasteiger partial charge is 0.124 e. The molecule has 0 aliphatic carbocycles. The number of hydrogen-bond acceptors (Lipinski definition) is 4. The van der Waals surface area contributed by atoms with E-state index < -0.39 is 6.10 Å². The van der Waals surface area contributed by atoms with Crippen LogP contribution in [0.15, 0.2) is 18.2 Å². The third-order valence-corrected chi connectivity index (χ3v) is 4.46. The first kappa shape index (κ1) is 16.3. The fraction of sp³-hybridized carbons (Fsp3) is 0.647. The third kappa shape index (κ3) is 4.19. The third-order valence-electron chi connectivity index (χ3n) is 4.46. The van der Waals surface area contributed by atoms with E-state index in [4.69, 9.17) is 4.74 Å². The number of β-amino-alcohol motifs (C(OH)–C–C–N with tert-alkyl or cyclic N) is 1. The Kier molecular flexibility index (Phi) is 5.62. The van der Waals surface area contributed by atoms with E-state index in [0.29, 0.717) is 12.6 Å². The molecular weight excluding hydrogens is 264 g/mol. The van der Waals surface area contributed by atoms with E-state index >= 15 is 0 Å². The SMILES string of the molecule is COc1ccc(C)cc1C(O)CN1CCC(N(C)C)CC1. The normalized spacial score (nSPS) is 19.0. The molecular formula is C17H28N2O2. The summed E-state index contributed by atoms with van der Waals surface area (Å²) >= 11 is 0. The van der Waals surface area contributed by atoms with Crippen LogP contribution in [0, 0.1) is 6.92 Å². The van der Waals surface area contributed by atoms with Crippen molar-refractivity contribution in [3.05, 3.63) is 29.3 Å². The second kappa shape index (κ2) is 7.25. The van der Waals surface area contributed by atoms with Gasteiger partial charge in [-0.15, -0.1) is 0 Å². The lowest BCUT2D eigenvalue weighted by atomic mass is 10.0. The Hall–Kier alpha value is -1.10. The molecule has 1 atom stereocenters. The molecule has 0 spiro atoms. The van der Waals surface area contributed by atoms with E-state index in [1.54, 1.807) is 7.11 Å². The predicted octanol–water partition coefficient (Wildman–Crippen LogP) is 2.06. The molecule has 2 rings (SSSR count).